The van der Waals surface area contributed by atoms with E-state index in [0.717, 1.165) is 24.3 Å². The zero-order chi connectivity index (χ0) is 11.2. The highest BCUT2D eigenvalue weighted by Gasteiger charge is 2.50. The molecule has 4 aliphatic carbocycles. The summed E-state index contributed by atoms with van der Waals surface area (Å²) >= 11 is 0. The first-order valence-electron chi connectivity index (χ1n) is 6.90. The maximum atomic E-state index is 5.41. The molecule has 3 nitrogen and oxygen atoms in total. The number of hydrogen-bond acceptors (Lipinski definition) is 3. The predicted octanol–water partition coefficient (Wildman–Crippen LogP) is 1.40. The standard InChI is InChI=1S/C13H25N3/c1-9(8-15-14)16-13-5-10-2-11(6-13)4-12(3-10)7-13/h9-12,15-16H,2-8,14H2,1H3. The molecule has 92 valence electrons. The van der Waals surface area contributed by atoms with Gasteiger partial charge in [0.1, 0.15) is 0 Å². The lowest BCUT2D eigenvalue weighted by atomic mass is 9.53. The third kappa shape index (κ3) is 1.89. The monoisotopic (exact) mass is 223 g/mol. The third-order valence-electron chi connectivity index (χ3n) is 5.01. The van der Waals surface area contributed by atoms with Crippen molar-refractivity contribution in [3.8, 4) is 0 Å². The Kier molecular flexibility index (Phi) is 2.73. The fourth-order valence-electron chi connectivity index (χ4n) is 5.04. The quantitative estimate of drug-likeness (QED) is 0.499. The third-order valence-corrected chi connectivity index (χ3v) is 5.01. The molecule has 0 heterocycles. The molecule has 0 spiro atoms. The van der Waals surface area contributed by atoms with E-state index in [-0.39, 0.29) is 0 Å². The molecule has 0 aromatic rings. The summed E-state index contributed by atoms with van der Waals surface area (Å²) in [7, 11) is 0. The molecule has 0 amide bonds. The second-order valence-electron chi connectivity index (χ2n) is 6.65. The van der Waals surface area contributed by atoms with Crippen LogP contribution >= 0.6 is 0 Å². The molecule has 0 saturated heterocycles. The van der Waals surface area contributed by atoms with E-state index in [1.807, 2.05) is 0 Å². The number of rotatable bonds is 4. The summed E-state index contributed by atoms with van der Waals surface area (Å²) in [5, 5.41) is 3.88. The SMILES string of the molecule is CC(CNN)NC12CC3CC(CC(C3)C1)C2. The van der Waals surface area contributed by atoms with Gasteiger partial charge in [0.2, 0.25) is 0 Å². The van der Waals surface area contributed by atoms with Gasteiger partial charge in [0.15, 0.2) is 0 Å². The van der Waals surface area contributed by atoms with E-state index in [4.69, 9.17) is 5.84 Å². The van der Waals surface area contributed by atoms with Gasteiger partial charge in [-0.2, -0.15) is 0 Å². The van der Waals surface area contributed by atoms with E-state index >= 15 is 0 Å². The van der Waals surface area contributed by atoms with Crippen LogP contribution in [-0.4, -0.2) is 18.1 Å². The molecular weight excluding hydrogens is 198 g/mol. The lowest BCUT2D eigenvalue weighted by molar-refractivity contribution is -0.0242. The van der Waals surface area contributed by atoms with Gasteiger partial charge in [-0.25, -0.2) is 0 Å². The Morgan fingerprint density at radius 1 is 1.12 bits per heavy atom. The van der Waals surface area contributed by atoms with Crippen LogP contribution in [0.3, 0.4) is 0 Å². The molecule has 3 heteroatoms. The molecule has 4 rings (SSSR count). The minimum atomic E-state index is 0.477. The lowest BCUT2D eigenvalue weighted by Gasteiger charge is -2.57. The maximum absolute atomic E-state index is 5.41. The number of hydrazine groups is 1. The smallest absolute Gasteiger partial charge is 0.0249 e. The van der Waals surface area contributed by atoms with Crippen LogP contribution in [0.2, 0.25) is 0 Å². The van der Waals surface area contributed by atoms with E-state index in [0.29, 0.717) is 11.6 Å². The van der Waals surface area contributed by atoms with Crippen molar-refractivity contribution in [2.75, 3.05) is 6.54 Å². The van der Waals surface area contributed by atoms with Crippen LogP contribution in [0, 0.1) is 17.8 Å². The molecule has 4 saturated carbocycles. The van der Waals surface area contributed by atoms with Gasteiger partial charge < -0.3 is 5.32 Å². The van der Waals surface area contributed by atoms with E-state index < -0.39 is 0 Å². The Labute approximate surface area is 98.5 Å². The molecule has 4 N–H and O–H groups in total. The highest BCUT2D eigenvalue weighted by atomic mass is 15.2. The first-order chi connectivity index (χ1) is 7.69. The van der Waals surface area contributed by atoms with Crippen LogP contribution in [-0.2, 0) is 0 Å². The highest BCUT2D eigenvalue weighted by Crippen LogP contribution is 2.55. The molecule has 1 atom stereocenters. The molecule has 4 aliphatic rings. The van der Waals surface area contributed by atoms with Gasteiger partial charge in [0.25, 0.3) is 0 Å². The van der Waals surface area contributed by atoms with Gasteiger partial charge in [-0.15, -0.1) is 0 Å². The number of nitrogens with one attached hydrogen (secondary N) is 2. The molecule has 0 radical (unpaired) electrons. The van der Waals surface area contributed by atoms with Crippen LogP contribution in [0.25, 0.3) is 0 Å². The zero-order valence-electron chi connectivity index (χ0n) is 10.3. The van der Waals surface area contributed by atoms with Crippen molar-refractivity contribution in [1.29, 1.82) is 0 Å². The lowest BCUT2D eigenvalue weighted by Crippen LogP contribution is -2.61. The summed E-state index contributed by atoms with van der Waals surface area (Å²) in [6.45, 7) is 3.13. The second-order valence-corrected chi connectivity index (χ2v) is 6.65. The molecule has 16 heavy (non-hydrogen) atoms. The summed E-state index contributed by atoms with van der Waals surface area (Å²) in [5.41, 5.74) is 3.26. The summed E-state index contributed by atoms with van der Waals surface area (Å²) < 4.78 is 0. The molecule has 4 bridgehead atoms. The van der Waals surface area contributed by atoms with Crippen molar-refractivity contribution in [1.82, 2.24) is 10.7 Å². The minimum Gasteiger partial charge on any atom is -0.307 e. The van der Waals surface area contributed by atoms with E-state index in [1.54, 1.807) is 0 Å². The predicted molar refractivity (Wildman–Crippen MR) is 65.7 cm³/mol. The Hall–Kier alpha value is -0.120. The Balaban J connectivity index is 1.68. The highest BCUT2D eigenvalue weighted by molar-refractivity contribution is 5.07. The number of hydrogen-bond donors (Lipinski definition) is 3. The Bertz CT molecular complexity index is 229. The average Bonchev–Trinajstić information content (AvgIpc) is 2.13. The van der Waals surface area contributed by atoms with Crippen molar-refractivity contribution in [2.45, 2.75) is 57.0 Å². The van der Waals surface area contributed by atoms with E-state index in [9.17, 15) is 0 Å². The Morgan fingerprint density at radius 3 is 2.06 bits per heavy atom. The summed E-state index contributed by atoms with van der Waals surface area (Å²) in [6, 6.07) is 0.501. The maximum Gasteiger partial charge on any atom is 0.0249 e. The molecule has 1 unspecified atom stereocenters. The van der Waals surface area contributed by atoms with Crippen molar-refractivity contribution < 1.29 is 0 Å². The molecule has 0 aromatic carbocycles. The summed E-state index contributed by atoms with van der Waals surface area (Å²) in [6.07, 6.45) is 8.83. The van der Waals surface area contributed by atoms with E-state index in [2.05, 4.69) is 17.7 Å². The Morgan fingerprint density at radius 2 is 1.62 bits per heavy atom. The molecular formula is C13H25N3. The fraction of sp³-hybridized carbons (Fsp3) is 1.00. The minimum absolute atomic E-state index is 0.477. The summed E-state index contributed by atoms with van der Waals surface area (Å²) in [5.74, 6) is 8.48. The normalized spacial score (nSPS) is 47.2. The molecule has 0 aliphatic heterocycles. The summed E-state index contributed by atoms with van der Waals surface area (Å²) in [4.78, 5) is 0. The first kappa shape index (κ1) is 11.0. The molecule has 4 fully saturated rings. The largest absolute Gasteiger partial charge is 0.307 e. The zero-order valence-corrected chi connectivity index (χ0v) is 10.3. The van der Waals surface area contributed by atoms with Gasteiger partial charge in [0, 0.05) is 18.1 Å². The van der Waals surface area contributed by atoms with Crippen LogP contribution in [0.5, 0.6) is 0 Å². The fourth-order valence-corrected chi connectivity index (χ4v) is 5.04. The van der Waals surface area contributed by atoms with Gasteiger partial charge >= 0.3 is 0 Å². The van der Waals surface area contributed by atoms with Crippen molar-refractivity contribution in [2.24, 2.45) is 23.6 Å². The first-order valence-corrected chi connectivity index (χ1v) is 6.90. The van der Waals surface area contributed by atoms with Gasteiger partial charge in [-0.3, -0.25) is 11.3 Å². The van der Waals surface area contributed by atoms with Gasteiger partial charge in [-0.1, -0.05) is 0 Å². The van der Waals surface area contributed by atoms with Crippen molar-refractivity contribution in [3.05, 3.63) is 0 Å². The average molecular weight is 223 g/mol. The van der Waals surface area contributed by atoms with Crippen LogP contribution in [0.15, 0.2) is 0 Å². The molecule has 0 aromatic heterocycles. The van der Waals surface area contributed by atoms with Crippen LogP contribution in [0.1, 0.15) is 45.4 Å². The second kappa shape index (κ2) is 3.97. The van der Waals surface area contributed by atoms with Crippen LogP contribution < -0.4 is 16.6 Å². The van der Waals surface area contributed by atoms with Crippen LogP contribution in [0.4, 0.5) is 0 Å². The van der Waals surface area contributed by atoms with Gasteiger partial charge in [-0.05, 0) is 63.2 Å². The van der Waals surface area contributed by atoms with E-state index in [1.165, 1.54) is 38.5 Å². The van der Waals surface area contributed by atoms with Gasteiger partial charge in [0.05, 0.1) is 0 Å². The van der Waals surface area contributed by atoms with Crippen molar-refractivity contribution >= 4 is 0 Å². The number of nitrogens with two attached hydrogens (primary N) is 1. The van der Waals surface area contributed by atoms with Crippen molar-refractivity contribution in [3.63, 3.8) is 0 Å². The topological polar surface area (TPSA) is 50.1 Å².